The molecule has 0 bridgehead atoms. The Morgan fingerprint density at radius 2 is 1.59 bits per heavy atom. The van der Waals surface area contributed by atoms with E-state index in [4.69, 9.17) is 15.0 Å². The van der Waals surface area contributed by atoms with Crippen LogP contribution in [0.3, 0.4) is 0 Å². The maximum absolute atomic E-state index is 14.0. The number of ether oxygens (including phenoxy) is 1. The summed E-state index contributed by atoms with van der Waals surface area (Å²) in [5, 5.41) is 16.2. The number of carbonyl (C=O) groups excluding carboxylic acids is 2. The number of hydrogen-bond acceptors (Lipinski definition) is 7. The molecule has 2 aromatic carbocycles. The van der Waals surface area contributed by atoms with E-state index < -0.39 is 49.2 Å². The van der Waals surface area contributed by atoms with Crippen LogP contribution in [-0.4, -0.2) is 63.7 Å². The highest BCUT2D eigenvalue weighted by Gasteiger charge is 2.43. The van der Waals surface area contributed by atoms with Crippen molar-refractivity contribution in [3.63, 3.8) is 0 Å². The molecule has 0 saturated carbocycles. The third-order valence-corrected chi connectivity index (χ3v) is 11.1. The monoisotopic (exact) mass is 649 g/mol. The molecule has 1 aliphatic carbocycles. The van der Waals surface area contributed by atoms with Gasteiger partial charge >= 0.3 is 12.1 Å². The van der Waals surface area contributed by atoms with E-state index in [2.05, 4.69) is 10.6 Å². The van der Waals surface area contributed by atoms with Crippen molar-refractivity contribution >= 4 is 30.6 Å². The van der Waals surface area contributed by atoms with E-state index in [0.717, 1.165) is 11.1 Å². The van der Waals surface area contributed by atoms with Gasteiger partial charge in [-0.25, -0.2) is 9.59 Å². The van der Waals surface area contributed by atoms with Gasteiger partial charge in [0.05, 0.1) is 11.7 Å². The van der Waals surface area contributed by atoms with Crippen molar-refractivity contribution in [2.75, 3.05) is 6.54 Å². The summed E-state index contributed by atoms with van der Waals surface area (Å²) in [6.07, 6.45) is 9.87. The molecule has 6 N–H and O–H groups in total. The topological polar surface area (TPSA) is 160 Å². The van der Waals surface area contributed by atoms with Crippen LogP contribution in [0.5, 0.6) is 0 Å². The largest absolute Gasteiger partial charge is 0.479 e. The van der Waals surface area contributed by atoms with Gasteiger partial charge in [0.2, 0.25) is 5.91 Å². The van der Waals surface area contributed by atoms with E-state index >= 15 is 0 Å². The number of amides is 2. The van der Waals surface area contributed by atoms with E-state index in [1.54, 1.807) is 6.08 Å². The average Bonchev–Trinajstić information content (AvgIpc) is 3.05. The number of allylic oxidation sites excluding steroid dienone is 5. The van der Waals surface area contributed by atoms with Gasteiger partial charge in [-0.15, -0.1) is 0 Å². The van der Waals surface area contributed by atoms with Crippen molar-refractivity contribution in [3.05, 3.63) is 108 Å². The fourth-order valence-electron chi connectivity index (χ4n) is 5.58. The number of nitrogens with one attached hydrogen (secondary N) is 2. The number of alkyl carbamates (subject to hydrolysis) is 1. The van der Waals surface area contributed by atoms with Gasteiger partial charge in [0.1, 0.15) is 20.0 Å². The molecule has 0 aromatic heterocycles. The highest BCUT2D eigenvalue weighted by atomic mass is 31.2. The van der Waals surface area contributed by atoms with Gasteiger partial charge in [-0.3, -0.25) is 4.79 Å². The molecule has 1 heterocycles. The van der Waals surface area contributed by atoms with Gasteiger partial charge in [-0.2, -0.15) is 0 Å². The van der Waals surface area contributed by atoms with Crippen molar-refractivity contribution in [3.8, 4) is 0 Å². The van der Waals surface area contributed by atoms with Crippen LogP contribution < -0.4 is 16.4 Å². The Morgan fingerprint density at radius 3 is 2.22 bits per heavy atom. The number of fused-ring (bicyclic) bond motifs is 1. The molecule has 2 aliphatic rings. The molecule has 6 unspecified atom stereocenters. The summed E-state index contributed by atoms with van der Waals surface area (Å²) < 4.78 is 11.7. The number of hydrogen-bond donors (Lipinski definition) is 5. The fraction of sp³-hybridized carbons (Fsp3) is 0.371. The lowest BCUT2D eigenvalue weighted by atomic mass is 9.95. The molecule has 4 rings (SSSR count). The Hall–Kier alpha value is -3.95. The Balaban J connectivity index is 1.65. The van der Waals surface area contributed by atoms with Crippen LogP contribution in [0.2, 0.25) is 0 Å². The smallest absolute Gasteiger partial charge is 0.408 e. The number of nitrogens with two attached hydrogens (primary N) is 1. The van der Waals surface area contributed by atoms with Crippen molar-refractivity contribution in [1.29, 1.82) is 0 Å². The van der Waals surface area contributed by atoms with Crippen LogP contribution in [0.25, 0.3) is 0 Å². The Bertz CT molecular complexity index is 1490. The first kappa shape index (κ1) is 34.9. The second-order valence-electron chi connectivity index (χ2n) is 11.8. The summed E-state index contributed by atoms with van der Waals surface area (Å²) in [4.78, 5) is 51.6. The van der Waals surface area contributed by atoms with Crippen LogP contribution in [0.15, 0.2) is 97.1 Å². The van der Waals surface area contributed by atoms with Crippen LogP contribution in [-0.2, 0) is 31.9 Å². The molecule has 10 nitrogen and oxygen atoms in total. The van der Waals surface area contributed by atoms with Crippen molar-refractivity contribution in [2.45, 2.75) is 63.6 Å². The zero-order chi connectivity index (χ0) is 33.1. The lowest BCUT2D eigenvalue weighted by Gasteiger charge is -2.41. The minimum Gasteiger partial charge on any atom is -0.479 e. The number of rotatable bonds is 15. The molecular weight excluding hydrogens is 605 g/mol. The number of aliphatic carboxylic acids is 1. The van der Waals surface area contributed by atoms with E-state index in [-0.39, 0.29) is 37.8 Å². The molecule has 0 radical (unpaired) electrons. The first-order valence-corrected chi connectivity index (χ1v) is 17.3. The summed E-state index contributed by atoms with van der Waals surface area (Å²) in [6.45, 7) is 4.12. The van der Waals surface area contributed by atoms with E-state index in [1.807, 2.05) is 105 Å². The van der Waals surface area contributed by atoms with E-state index in [0.29, 0.717) is 11.7 Å². The van der Waals surface area contributed by atoms with Crippen molar-refractivity contribution in [1.82, 2.24) is 10.6 Å². The van der Waals surface area contributed by atoms with Gasteiger partial charge in [0.25, 0.3) is 0 Å². The van der Waals surface area contributed by atoms with E-state index in [9.17, 15) is 24.4 Å². The van der Waals surface area contributed by atoms with Gasteiger partial charge in [-0.1, -0.05) is 111 Å². The molecule has 2 amide bonds. The maximum Gasteiger partial charge on any atom is 0.408 e. The zero-order valence-electron chi connectivity index (χ0n) is 26.2. The highest BCUT2D eigenvalue weighted by molar-refractivity contribution is 7.68. The molecule has 246 valence electrons. The van der Waals surface area contributed by atoms with Crippen molar-refractivity contribution in [2.24, 2.45) is 17.6 Å². The van der Waals surface area contributed by atoms with Crippen LogP contribution in [0.1, 0.15) is 37.8 Å². The maximum atomic E-state index is 14.0. The quantitative estimate of drug-likeness (QED) is 0.176. The highest BCUT2D eigenvalue weighted by Crippen LogP contribution is 2.59. The third-order valence-electron chi connectivity index (χ3n) is 8.03. The minimum atomic E-state index is -3.65. The molecule has 11 heteroatoms. The number of carboxylic acid groups (broad SMARTS) is 1. The average molecular weight is 650 g/mol. The fourth-order valence-corrected chi connectivity index (χ4v) is 8.83. The molecule has 46 heavy (non-hydrogen) atoms. The van der Waals surface area contributed by atoms with Gasteiger partial charge in [-0.05, 0) is 36.4 Å². The predicted octanol–water partition coefficient (Wildman–Crippen LogP) is 4.57. The predicted molar refractivity (Wildman–Crippen MR) is 180 cm³/mol. The van der Waals surface area contributed by atoms with Crippen LogP contribution in [0.4, 0.5) is 4.79 Å². The third kappa shape index (κ3) is 9.07. The van der Waals surface area contributed by atoms with Gasteiger partial charge in [0, 0.05) is 17.6 Å². The SMILES string of the molecule is CC(C)C(NC(=O)C(Cc1ccccc1)NC(=O)OCc1ccccc1)C1=P(O)(OC(CCCN)C(=O)O)C2C=CC=CC2C=C1. The Labute approximate surface area is 270 Å². The zero-order valence-corrected chi connectivity index (χ0v) is 27.1. The number of carbonyl (C=O) groups is 3. The molecule has 6 atom stereocenters. The molecule has 0 spiro atoms. The second-order valence-corrected chi connectivity index (χ2v) is 14.4. The normalized spacial score (nSPS) is 22.1. The summed E-state index contributed by atoms with van der Waals surface area (Å²) >= 11 is 0. The van der Waals surface area contributed by atoms with E-state index in [1.165, 1.54) is 0 Å². The molecule has 0 saturated heterocycles. The van der Waals surface area contributed by atoms with Crippen LogP contribution >= 0.6 is 7.34 Å². The first-order valence-electron chi connectivity index (χ1n) is 15.6. The number of carboxylic acids is 1. The molecule has 0 fully saturated rings. The summed E-state index contributed by atoms with van der Waals surface area (Å²) in [5.41, 5.74) is 6.77. The Kier molecular flexibility index (Phi) is 12.6. The second kappa shape index (κ2) is 16.6. The van der Waals surface area contributed by atoms with Gasteiger partial charge < -0.3 is 35.6 Å². The summed E-state index contributed by atoms with van der Waals surface area (Å²) in [6, 6.07) is 16.8. The van der Waals surface area contributed by atoms with Gasteiger partial charge in [0.15, 0.2) is 6.10 Å². The summed E-state index contributed by atoms with van der Waals surface area (Å²) in [7, 11) is -3.65. The molecular formula is C35H44N3O7P. The van der Waals surface area contributed by atoms with Crippen molar-refractivity contribution < 1.29 is 33.6 Å². The lowest BCUT2D eigenvalue weighted by molar-refractivity contribution is -0.145. The van der Waals surface area contributed by atoms with Crippen LogP contribution in [0, 0.1) is 11.8 Å². The molecule has 2 aromatic rings. The minimum absolute atomic E-state index is 0.0396. The standard InChI is InChI=1S/C35H44N3O7P/c1-24(2)32(31-20-19-27-16-9-10-18-30(27)46(31,43)45-29(34(40)41)17-11-21-36)38-33(39)28(22-25-12-5-3-6-13-25)37-35(42)44-23-26-14-7-4-8-15-26/h3-10,12-16,18-20,24,27-30,32,43H,11,17,21-23,36H2,1-2H3,(H,37,42)(H,38,39)(H,40,41). The number of benzene rings is 2. The lowest BCUT2D eigenvalue weighted by Crippen LogP contribution is -2.54. The first-order chi connectivity index (χ1) is 22.1. The Morgan fingerprint density at radius 1 is 0.935 bits per heavy atom. The summed E-state index contributed by atoms with van der Waals surface area (Å²) in [5.74, 6) is -2.10. The molecule has 1 aliphatic heterocycles.